The number of nitrogens with zero attached hydrogens (tertiary/aromatic N) is 1. The number of H-pyrrole nitrogens is 1. The fourth-order valence-corrected chi connectivity index (χ4v) is 1.05. The maximum Gasteiger partial charge on any atom is 0.241 e. The number of nitrogens with one attached hydrogen (secondary N) is 1. The first kappa shape index (κ1) is 9.51. The van der Waals surface area contributed by atoms with E-state index in [9.17, 15) is 4.79 Å². The molecule has 0 bridgehead atoms. The van der Waals surface area contributed by atoms with Gasteiger partial charge in [-0.15, -0.1) is 0 Å². The molecule has 4 heteroatoms. The third-order valence-electron chi connectivity index (χ3n) is 1.67. The number of carbonyl (C=O) groups excluding carboxylic acids is 1. The van der Waals surface area contributed by atoms with Crippen LogP contribution in [0.4, 0.5) is 0 Å². The summed E-state index contributed by atoms with van der Waals surface area (Å²) in [5.74, 6) is -0.380. The highest BCUT2D eigenvalue weighted by molar-refractivity contribution is 5.85. The third-order valence-corrected chi connectivity index (χ3v) is 1.67. The van der Waals surface area contributed by atoms with Gasteiger partial charge in [0, 0.05) is 0 Å². The summed E-state index contributed by atoms with van der Waals surface area (Å²) in [4.78, 5) is 13.3. The van der Waals surface area contributed by atoms with Gasteiger partial charge in [0.15, 0.2) is 0 Å². The predicted octanol–water partition coefficient (Wildman–Crippen LogP) is 0.124. The zero-order chi connectivity index (χ0) is 9.52. The molecule has 13 heavy (non-hydrogen) atoms. The molecular formula is C9H14N3O+. The van der Waals surface area contributed by atoms with Gasteiger partial charge in [-0.25, -0.2) is 4.57 Å². The van der Waals surface area contributed by atoms with E-state index in [1.807, 2.05) is 18.7 Å². The minimum Gasteiger partial charge on any atom is -0.366 e. The highest BCUT2D eigenvalue weighted by atomic mass is 16.1. The summed E-state index contributed by atoms with van der Waals surface area (Å²) < 4.78 is 2.05. The number of hydrogen-bond donors (Lipinski definition) is 2. The highest BCUT2D eigenvalue weighted by Gasteiger charge is 1.94. The topological polar surface area (TPSA) is 62.8 Å². The van der Waals surface area contributed by atoms with Crippen LogP contribution >= 0.6 is 0 Å². The Morgan fingerprint density at radius 3 is 3.08 bits per heavy atom. The average Bonchev–Trinajstić information content (AvgIpc) is 2.55. The molecule has 0 unspecified atom stereocenters. The van der Waals surface area contributed by atoms with Crippen molar-refractivity contribution in [3.05, 3.63) is 30.9 Å². The Labute approximate surface area is 77.1 Å². The molecule has 1 aromatic heterocycles. The van der Waals surface area contributed by atoms with Crippen molar-refractivity contribution in [3.63, 3.8) is 0 Å². The van der Waals surface area contributed by atoms with Crippen molar-refractivity contribution < 1.29 is 9.36 Å². The number of aryl methyl sites for hydroxylation is 1. The van der Waals surface area contributed by atoms with Crippen LogP contribution in [0.1, 0.15) is 12.8 Å². The number of hydrogen-bond acceptors (Lipinski definition) is 1. The fourth-order valence-electron chi connectivity index (χ4n) is 1.05. The van der Waals surface area contributed by atoms with Crippen LogP contribution in [0.2, 0.25) is 0 Å². The first-order valence-corrected chi connectivity index (χ1v) is 4.27. The Kier molecular flexibility index (Phi) is 3.75. The Morgan fingerprint density at radius 2 is 2.46 bits per heavy atom. The summed E-state index contributed by atoms with van der Waals surface area (Å²) in [6.45, 7) is 0.951. The summed E-state index contributed by atoms with van der Waals surface area (Å²) in [7, 11) is 0. The van der Waals surface area contributed by atoms with Crippen LogP contribution in [-0.4, -0.2) is 10.9 Å². The van der Waals surface area contributed by atoms with E-state index in [-0.39, 0.29) is 5.91 Å². The van der Waals surface area contributed by atoms with Crippen LogP contribution in [0.3, 0.4) is 0 Å². The van der Waals surface area contributed by atoms with Gasteiger partial charge in [0.1, 0.15) is 12.4 Å². The lowest BCUT2D eigenvalue weighted by Gasteiger charge is -1.91. The van der Waals surface area contributed by atoms with Gasteiger partial charge in [-0.1, -0.05) is 6.08 Å². The molecule has 0 radical (unpaired) electrons. The minimum absolute atomic E-state index is 0.380. The molecule has 0 atom stereocenters. The molecule has 0 aromatic carbocycles. The molecular weight excluding hydrogens is 166 g/mol. The van der Waals surface area contributed by atoms with E-state index in [1.165, 1.54) is 6.08 Å². The van der Waals surface area contributed by atoms with Gasteiger partial charge in [-0.05, 0) is 18.9 Å². The van der Waals surface area contributed by atoms with E-state index < -0.39 is 0 Å². The van der Waals surface area contributed by atoms with Crippen LogP contribution in [0.25, 0.3) is 0 Å². The van der Waals surface area contributed by atoms with E-state index in [2.05, 4.69) is 9.55 Å². The number of unbranched alkanes of at least 4 members (excludes halogenated alkanes) is 1. The van der Waals surface area contributed by atoms with Crippen LogP contribution in [0.5, 0.6) is 0 Å². The van der Waals surface area contributed by atoms with Crippen molar-refractivity contribution >= 4 is 5.91 Å². The number of carbonyl (C=O) groups is 1. The number of aromatic amines is 1. The van der Waals surface area contributed by atoms with E-state index >= 15 is 0 Å². The normalized spacial score (nSPS) is 10.8. The summed E-state index contributed by atoms with van der Waals surface area (Å²) in [6, 6.07) is 0. The summed E-state index contributed by atoms with van der Waals surface area (Å²) in [5, 5.41) is 0. The van der Waals surface area contributed by atoms with E-state index in [4.69, 9.17) is 5.73 Å². The summed E-state index contributed by atoms with van der Waals surface area (Å²) >= 11 is 0. The number of nitrogens with two attached hydrogens (primary N) is 1. The van der Waals surface area contributed by atoms with Crippen molar-refractivity contribution in [1.29, 1.82) is 0 Å². The van der Waals surface area contributed by atoms with Gasteiger partial charge in [0.05, 0.1) is 6.54 Å². The smallest absolute Gasteiger partial charge is 0.241 e. The molecule has 3 N–H and O–H groups in total. The first-order valence-electron chi connectivity index (χ1n) is 4.27. The number of primary amides is 1. The number of aromatic nitrogens is 2. The lowest BCUT2D eigenvalue weighted by atomic mass is 10.3. The SMILES string of the molecule is NC(=O)C=CCCC[n+]1cc[nH]c1. The molecule has 0 aliphatic rings. The molecule has 0 saturated carbocycles. The monoisotopic (exact) mass is 180 g/mol. The molecule has 0 aliphatic carbocycles. The Balaban J connectivity index is 2.12. The van der Waals surface area contributed by atoms with Crippen LogP contribution in [0.15, 0.2) is 30.9 Å². The summed E-state index contributed by atoms with van der Waals surface area (Å²) in [6.07, 6.45) is 10.8. The minimum atomic E-state index is -0.380. The second-order valence-corrected chi connectivity index (χ2v) is 2.80. The van der Waals surface area contributed by atoms with Crippen molar-refractivity contribution in [3.8, 4) is 0 Å². The predicted molar refractivity (Wildman–Crippen MR) is 48.6 cm³/mol. The third kappa shape index (κ3) is 4.10. The lowest BCUT2D eigenvalue weighted by Crippen LogP contribution is -2.30. The van der Waals surface area contributed by atoms with Gasteiger partial charge in [0.25, 0.3) is 0 Å². The largest absolute Gasteiger partial charge is 0.366 e. The molecule has 0 saturated heterocycles. The van der Waals surface area contributed by atoms with Gasteiger partial charge in [-0.2, -0.15) is 0 Å². The van der Waals surface area contributed by atoms with Gasteiger partial charge < -0.3 is 5.73 Å². The molecule has 1 amide bonds. The van der Waals surface area contributed by atoms with Crippen molar-refractivity contribution in [2.24, 2.45) is 5.73 Å². The van der Waals surface area contributed by atoms with Crippen molar-refractivity contribution in [1.82, 2.24) is 4.98 Å². The Bertz CT molecular complexity index is 277. The highest BCUT2D eigenvalue weighted by Crippen LogP contribution is 1.90. The molecule has 0 spiro atoms. The van der Waals surface area contributed by atoms with Crippen molar-refractivity contribution in [2.45, 2.75) is 19.4 Å². The molecule has 1 heterocycles. The van der Waals surface area contributed by atoms with E-state index in [1.54, 1.807) is 6.08 Å². The second kappa shape index (κ2) is 5.13. The van der Waals surface area contributed by atoms with Gasteiger partial charge in [0.2, 0.25) is 12.2 Å². The van der Waals surface area contributed by atoms with E-state index in [0.29, 0.717) is 0 Å². The van der Waals surface area contributed by atoms with Gasteiger partial charge >= 0.3 is 0 Å². The zero-order valence-corrected chi connectivity index (χ0v) is 7.44. The zero-order valence-electron chi connectivity index (χ0n) is 7.44. The Morgan fingerprint density at radius 1 is 1.62 bits per heavy atom. The molecule has 0 fully saturated rings. The maximum atomic E-state index is 10.3. The summed E-state index contributed by atoms with van der Waals surface area (Å²) in [5.41, 5.74) is 4.93. The number of allylic oxidation sites excluding steroid dienone is 1. The first-order chi connectivity index (χ1) is 6.29. The molecule has 4 nitrogen and oxygen atoms in total. The molecule has 1 aromatic rings. The number of imidazole rings is 1. The van der Waals surface area contributed by atoms with E-state index in [0.717, 1.165) is 19.4 Å². The standard InChI is InChI=1S/C9H13N3O/c10-9(13)4-2-1-3-6-12-7-5-11-8-12/h2,4-5,7-8H,1,3,6H2,(H2,10,13)/p+1. The maximum absolute atomic E-state index is 10.3. The lowest BCUT2D eigenvalue weighted by molar-refractivity contribution is -0.695. The van der Waals surface area contributed by atoms with Crippen LogP contribution in [-0.2, 0) is 11.3 Å². The van der Waals surface area contributed by atoms with Crippen LogP contribution in [0, 0.1) is 0 Å². The second-order valence-electron chi connectivity index (χ2n) is 2.80. The molecule has 0 aliphatic heterocycles. The van der Waals surface area contributed by atoms with Crippen molar-refractivity contribution in [2.75, 3.05) is 0 Å². The number of rotatable bonds is 5. The average molecular weight is 180 g/mol. The van der Waals surface area contributed by atoms with Crippen LogP contribution < -0.4 is 10.3 Å². The Hall–Kier alpha value is -1.58. The fraction of sp³-hybridized carbons (Fsp3) is 0.333. The number of amides is 1. The molecule has 1 rings (SSSR count). The van der Waals surface area contributed by atoms with Gasteiger partial charge in [-0.3, -0.25) is 9.78 Å². The quantitative estimate of drug-likeness (QED) is 0.377. The molecule has 70 valence electrons.